The quantitative estimate of drug-likeness (QED) is 0.747. The fourth-order valence-electron chi connectivity index (χ4n) is 2.41. The molecule has 1 N–H and O–H groups in total. The number of carbonyl (C=O) groups is 1. The molecule has 0 heterocycles. The van der Waals surface area contributed by atoms with Crippen molar-refractivity contribution in [3.63, 3.8) is 0 Å². The molecule has 1 aromatic carbocycles. The van der Waals surface area contributed by atoms with E-state index in [0.717, 1.165) is 24.3 Å². The van der Waals surface area contributed by atoms with Gasteiger partial charge >= 0.3 is 5.97 Å². The van der Waals surface area contributed by atoms with Gasteiger partial charge in [-0.15, -0.1) is 6.42 Å². The molecule has 114 valence electrons. The second-order valence-corrected chi connectivity index (χ2v) is 4.91. The van der Waals surface area contributed by atoms with Crippen molar-refractivity contribution in [2.45, 2.75) is 27.2 Å². The smallest absolute Gasteiger partial charge is 0.305 e. The first-order valence-corrected chi connectivity index (χ1v) is 7.29. The van der Waals surface area contributed by atoms with Gasteiger partial charge in [-0.1, -0.05) is 5.92 Å². The Balaban J connectivity index is 2.99. The lowest BCUT2D eigenvalue weighted by atomic mass is 10.1. The second-order valence-electron chi connectivity index (χ2n) is 4.91. The molecule has 0 aromatic heterocycles. The van der Waals surface area contributed by atoms with Crippen LogP contribution < -0.4 is 9.80 Å². The Labute approximate surface area is 127 Å². The molecule has 0 bridgehead atoms. The summed E-state index contributed by atoms with van der Waals surface area (Å²) in [6, 6.07) is 6.23. The number of benzene rings is 1. The largest absolute Gasteiger partial charge is 0.481 e. The summed E-state index contributed by atoms with van der Waals surface area (Å²) in [6.45, 7) is 9.05. The number of rotatable bonds is 8. The van der Waals surface area contributed by atoms with Crippen LogP contribution in [-0.4, -0.2) is 37.3 Å². The fraction of sp³-hybridized carbons (Fsp3) is 0.471. The number of terminal acetylenes is 1. The molecule has 0 aliphatic rings. The lowest BCUT2D eigenvalue weighted by Crippen LogP contribution is -2.27. The van der Waals surface area contributed by atoms with Gasteiger partial charge in [0.25, 0.3) is 0 Å². The highest BCUT2D eigenvalue weighted by Crippen LogP contribution is 2.25. The van der Waals surface area contributed by atoms with E-state index in [1.807, 2.05) is 17.9 Å². The zero-order valence-electron chi connectivity index (χ0n) is 13.1. The summed E-state index contributed by atoms with van der Waals surface area (Å²) in [7, 11) is 0. The number of anilines is 2. The molecule has 1 rings (SSSR count). The van der Waals surface area contributed by atoms with E-state index < -0.39 is 5.97 Å². The molecule has 21 heavy (non-hydrogen) atoms. The fourth-order valence-corrected chi connectivity index (χ4v) is 2.41. The van der Waals surface area contributed by atoms with Crippen LogP contribution in [0.2, 0.25) is 0 Å². The van der Waals surface area contributed by atoms with Crippen LogP contribution in [0.4, 0.5) is 11.4 Å². The van der Waals surface area contributed by atoms with Gasteiger partial charge in [0.2, 0.25) is 0 Å². The Kier molecular flexibility index (Phi) is 6.61. The predicted octanol–water partition coefficient (Wildman–Crippen LogP) is 2.76. The molecular weight excluding hydrogens is 264 g/mol. The van der Waals surface area contributed by atoms with Crippen LogP contribution in [0.15, 0.2) is 18.2 Å². The minimum Gasteiger partial charge on any atom is -0.481 e. The number of carboxylic acid groups (broad SMARTS) is 1. The van der Waals surface area contributed by atoms with Crippen LogP contribution >= 0.6 is 0 Å². The number of aliphatic carboxylic acids is 1. The Bertz CT molecular complexity index is 516. The summed E-state index contributed by atoms with van der Waals surface area (Å²) in [5, 5.41) is 8.84. The summed E-state index contributed by atoms with van der Waals surface area (Å²) in [4.78, 5) is 15.0. The topological polar surface area (TPSA) is 43.8 Å². The molecule has 0 spiro atoms. The van der Waals surface area contributed by atoms with E-state index in [0.29, 0.717) is 13.1 Å². The van der Waals surface area contributed by atoms with Crippen molar-refractivity contribution in [3.05, 3.63) is 23.8 Å². The molecule has 0 aliphatic carbocycles. The molecule has 0 saturated carbocycles. The maximum Gasteiger partial charge on any atom is 0.305 e. The lowest BCUT2D eigenvalue weighted by molar-refractivity contribution is -0.136. The Morgan fingerprint density at radius 3 is 2.43 bits per heavy atom. The van der Waals surface area contributed by atoms with Crippen LogP contribution in [0.1, 0.15) is 25.8 Å². The van der Waals surface area contributed by atoms with E-state index in [4.69, 9.17) is 11.5 Å². The van der Waals surface area contributed by atoms with Crippen molar-refractivity contribution >= 4 is 17.3 Å². The van der Waals surface area contributed by atoms with Gasteiger partial charge in [0.1, 0.15) is 0 Å². The van der Waals surface area contributed by atoms with E-state index in [1.165, 1.54) is 5.69 Å². The van der Waals surface area contributed by atoms with Crippen molar-refractivity contribution in [1.82, 2.24) is 0 Å². The van der Waals surface area contributed by atoms with Crippen molar-refractivity contribution in [2.75, 3.05) is 36.0 Å². The van der Waals surface area contributed by atoms with Gasteiger partial charge in [-0.2, -0.15) is 0 Å². The summed E-state index contributed by atoms with van der Waals surface area (Å²) >= 11 is 0. The SMILES string of the molecule is C#CCN(CCC(=O)O)c1ccc(N(CC)CC)cc1C. The van der Waals surface area contributed by atoms with Gasteiger partial charge in [-0.3, -0.25) is 4.79 Å². The summed E-state index contributed by atoms with van der Waals surface area (Å²) in [5.74, 6) is 1.79. The lowest BCUT2D eigenvalue weighted by Gasteiger charge is -2.26. The zero-order valence-corrected chi connectivity index (χ0v) is 13.1. The zero-order chi connectivity index (χ0) is 15.8. The van der Waals surface area contributed by atoms with Crippen LogP contribution in [0, 0.1) is 19.3 Å². The molecule has 1 aromatic rings. The van der Waals surface area contributed by atoms with Crippen molar-refractivity contribution in [2.24, 2.45) is 0 Å². The Morgan fingerprint density at radius 1 is 1.29 bits per heavy atom. The average Bonchev–Trinajstić information content (AvgIpc) is 2.45. The van der Waals surface area contributed by atoms with Crippen molar-refractivity contribution in [1.29, 1.82) is 0 Å². The summed E-state index contributed by atoms with van der Waals surface area (Å²) in [5.41, 5.74) is 3.30. The third-order valence-electron chi connectivity index (χ3n) is 3.53. The average molecular weight is 288 g/mol. The monoisotopic (exact) mass is 288 g/mol. The molecule has 0 fully saturated rings. The second kappa shape index (κ2) is 8.21. The molecule has 4 nitrogen and oxygen atoms in total. The van der Waals surface area contributed by atoms with E-state index in [9.17, 15) is 4.79 Å². The molecule has 0 aliphatic heterocycles. The maximum atomic E-state index is 10.8. The predicted molar refractivity (Wildman–Crippen MR) is 88.0 cm³/mol. The minimum atomic E-state index is -0.811. The van der Waals surface area contributed by atoms with Gasteiger partial charge < -0.3 is 14.9 Å². The molecule has 0 unspecified atom stereocenters. The van der Waals surface area contributed by atoms with Crippen LogP contribution in [-0.2, 0) is 4.79 Å². The summed E-state index contributed by atoms with van der Waals surface area (Å²) < 4.78 is 0. The first kappa shape index (κ1) is 16.9. The Morgan fingerprint density at radius 2 is 1.95 bits per heavy atom. The third kappa shape index (κ3) is 4.71. The molecule has 0 amide bonds. The number of hydrogen-bond acceptors (Lipinski definition) is 3. The molecule has 0 saturated heterocycles. The highest BCUT2D eigenvalue weighted by molar-refractivity contribution is 5.68. The van der Waals surface area contributed by atoms with Gasteiger partial charge in [-0.25, -0.2) is 0 Å². The standard InChI is InChI=1S/C17H24N2O2/c1-5-11-19(12-10-17(20)21)16-9-8-15(13-14(16)4)18(6-2)7-3/h1,8-9,13H,6-7,10-12H2,2-4H3,(H,20,21). The number of hydrogen-bond donors (Lipinski definition) is 1. The highest BCUT2D eigenvalue weighted by atomic mass is 16.4. The van der Waals surface area contributed by atoms with Gasteiger partial charge in [0.15, 0.2) is 0 Å². The molecule has 0 radical (unpaired) electrons. The van der Waals surface area contributed by atoms with Crippen molar-refractivity contribution in [3.8, 4) is 12.3 Å². The molecule has 4 heteroatoms. The Hall–Kier alpha value is -2.15. The third-order valence-corrected chi connectivity index (χ3v) is 3.53. The van der Waals surface area contributed by atoms with E-state index >= 15 is 0 Å². The van der Waals surface area contributed by atoms with E-state index in [1.54, 1.807) is 0 Å². The highest BCUT2D eigenvalue weighted by Gasteiger charge is 2.12. The first-order valence-electron chi connectivity index (χ1n) is 7.29. The minimum absolute atomic E-state index is 0.0823. The normalized spacial score (nSPS) is 10.0. The van der Waals surface area contributed by atoms with Gasteiger partial charge in [0.05, 0.1) is 13.0 Å². The number of nitrogens with zero attached hydrogens (tertiary/aromatic N) is 2. The van der Waals surface area contributed by atoms with Crippen LogP contribution in [0.3, 0.4) is 0 Å². The van der Waals surface area contributed by atoms with Crippen LogP contribution in [0.25, 0.3) is 0 Å². The molecular formula is C17H24N2O2. The van der Waals surface area contributed by atoms with Crippen LogP contribution in [0.5, 0.6) is 0 Å². The van der Waals surface area contributed by atoms with Gasteiger partial charge in [-0.05, 0) is 44.5 Å². The number of aryl methyl sites for hydroxylation is 1. The van der Waals surface area contributed by atoms with Gasteiger partial charge in [0, 0.05) is 31.0 Å². The number of carboxylic acids is 1. The first-order chi connectivity index (χ1) is 10.0. The summed E-state index contributed by atoms with van der Waals surface area (Å²) in [6.07, 6.45) is 5.48. The van der Waals surface area contributed by atoms with Crippen molar-refractivity contribution < 1.29 is 9.90 Å². The van der Waals surface area contributed by atoms with E-state index in [2.05, 4.69) is 36.8 Å². The van der Waals surface area contributed by atoms with E-state index in [-0.39, 0.29) is 6.42 Å². The molecule has 0 atom stereocenters. The maximum absolute atomic E-state index is 10.8.